The number of hydrogen-bond acceptors (Lipinski definition) is 33. The second-order valence-corrected chi connectivity index (χ2v) is 2.53. The summed E-state index contributed by atoms with van der Waals surface area (Å²) in [4.78, 5) is 15.7. The van der Waals surface area contributed by atoms with Crippen LogP contribution in [0.3, 0.4) is 0 Å². The molecule has 41 heavy (non-hydrogen) atoms. The van der Waals surface area contributed by atoms with Gasteiger partial charge in [0.25, 0.3) is 0 Å². The van der Waals surface area contributed by atoms with Crippen molar-refractivity contribution in [2.75, 3.05) is 0 Å². The van der Waals surface area contributed by atoms with Gasteiger partial charge in [-0.15, -0.1) is 0 Å². The molecule has 0 aromatic heterocycles. The zero-order valence-electron chi connectivity index (χ0n) is 23.7. The maximum atomic E-state index is 8.63. The van der Waals surface area contributed by atoms with E-state index in [9.17, 15) is 0 Å². The molecule has 0 aliphatic heterocycles. The molecule has 34 nitrogen and oxygen atoms in total. The summed E-state index contributed by atoms with van der Waals surface area (Å²) in [5, 5.41) is 108. The van der Waals surface area contributed by atoms with E-state index < -0.39 is 45.8 Å². The molecule has 0 radical (unpaired) electrons. The SMILES string of the molecule is N.N.N.N.N.N.N.N.N.N.N.N.N.N.N.N.O=[Si]([O-])O.OB(O)O.OB(O)O.OB(O)O.OB(O)O.OB(O)O.[Na+]. The fraction of sp³-hybridized carbons (Fsp3) is 0. The first kappa shape index (κ1) is 205. The Balaban J connectivity index is -0.00000000417. The van der Waals surface area contributed by atoms with E-state index in [4.69, 9.17) is 89.4 Å². The topological polar surface area (TPSA) is 924 Å². The summed E-state index contributed by atoms with van der Waals surface area (Å²) in [7, 11) is -14.2. The third-order valence-electron chi connectivity index (χ3n) is 0. The average molecular weight is 682 g/mol. The number of hydrogen-bond donors (Lipinski definition) is 32. The van der Waals surface area contributed by atoms with E-state index in [1.807, 2.05) is 0 Å². The van der Waals surface area contributed by atoms with Crippen LogP contribution in [0.2, 0.25) is 0 Å². The zero-order valence-corrected chi connectivity index (χ0v) is 26.7. The molecule has 0 aromatic rings. The monoisotopic (exact) mass is 682 g/mol. The van der Waals surface area contributed by atoms with Gasteiger partial charge in [-0.1, -0.05) is 0 Å². The van der Waals surface area contributed by atoms with Crippen LogP contribution in [0, 0.1) is 0 Å². The Bertz CT molecular complexity index is 187. The van der Waals surface area contributed by atoms with Crippen LogP contribution in [0.1, 0.15) is 0 Å². The van der Waals surface area contributed by atoms with Gasteiger partial charge in [0.1, 0.15) is 0 Å². The van der Waals surface area contributed by atoms with Crippen molar-refractivity contribution in [1.82, 2.24) is 98.4 Å². The van der Waals surface area contributed by atoms with Crippen LogP contribution in [0.25, 0.3) is 0 Å². The molecule has 64 N–H and O–H groups in total. The van der Waals surface area contributed by atoms with E-state index in [0.29, 0.717) is 0 Å². The third-order valence-corrected chi connectivity index (χ3v) is 0. The summed E-state index contributed by atoms with van der Waals surface area (Å²) in [6, 6.07) is 0. The molecule has 0 unspecified atom stereocenters. The molecule has 0 bridgehead atoms. The molecule has 41 heteroatoms. The Kier molecular flexibility index (Phi) is 948. The summed E-state index contributed by atoms with van der Waals surface area (Å²) >= 11 is 0. The van der Waals surface area contributed by atoms with Gasteiger partial charge in [-0.05, 0) is 0 Å². The molecule has 0 rings (SSSR count). The van der Waals surface area contributed by atoms with Crippen LogP contribution >= 0.6 is 0 Å². The molecule has 0 saturated carbocycles. The summed E-state index contributed by atoms with van der Waals surface area (Å²) in [6.45, 7) is 0. The Hall–Kier alpha value is -0.298. The molecule has 0 aliphatic rings. The second-order valence-electron chi connectivity index (χ2n) is 2.00. The summed E-state index contributed by atoms with van der Waals surface area (Å²) in [5.74, 6) is 0. The van der Waals surface area contributed by atoms with E-state index in [1.165, 1.54) is 0 Å². The van der Waals surface area contributed by atoms with E-state index in [0.717, 1.165) is 0 Å². The molecule has 272 valence electrons. The smallest absolute Gasteiger partial charge is 0.604 e. The Labute approximate surface area is 263 Å². The molecule has 0 heterocycles. The van der Waals surface area contributed by atoms with Crippen molar-refractivity contribution in [2.45, 2.75) is 0 Å². The quantitative estimate of drug-likeness (QED) is 0.105. The van der Waals surface area contributed by atoms with Gasteiger partial charge in [0.15, 0.2) is 0 Å². The zero-order chi connectivity index (χ0) is 21.5. The van der Waals surface area contributed by atoms with Crippen molar-refractivity contribution in [3.05, 3.63) is 0 Å². The van der Waals surface area contributed by atoms with Gasteiger partial charge in [-0.3, -0.25) is 0 Å². The molecule has 0 spiro atoms. The van der Waals surface area contributed by atoms with Gasteiger partial charge in [-0.25, -0.2) is 0 Å². The summed E-state index contributed by atoms with van der Waals surface area (Å²) < 4.78 is 8.63. The fourth-order valence-corrected chi connectivity index (χ4v) is 0. The third kappa shape index (κ3) is 634000. The van der Waals surface area contributed by atoms with Crippen molar-refractivity contribution >= 4 is 45.8 Å². The van der Waals surface area contributed by atoms with Gasteiger partial charge in [-0.2, -0.15) is 0 Å². The van der Waals surface area contributed by atoms with Crippen LogP contribution < -0.4 is 133 Å². The van der Waals surface area contributed by atoms with Crippen molar-refractivity contribution in [3.63, 3.8) is 0 Å². The fourth-order valence-electron chi connectivity index (χ4n) is 0. The van der Waals surface area contributed by atoms with Gasteiger partial charge in [0.05, 0.1) is 0 Å². The molecule has 0 aliphatic carbocycles. The van der Waals surface area contributed by atoms with E-state index in [2.05, 4.69) is 0 Å². The standard InChI is InChI=1S/5BH3O3.16H3N.Na.HO3Si/c5*2-1(3)4;;;;;;;;;;;;;;;;;;1-4(2)3/h5*2-4H;16*1H3;;1H/q;;;;;;;;;;;;;;;;;;;;;+1;-1. The molecular weight excluding hydrogens is 617 g/mol. The van der Waals surface area contributed by atoms with Gasteiger partial charge in [0, 0.05) is 0 Å². The maximum absolute atomic E-state index is 8.63. The minimum absolute atomic E-state index is 0. The normalized spacial score (nSPS) is 3.88. The van der Waals surface area contributed by atoms with Crippen LogP contribution in [-0.2, 0) is 4.46 Å². The van der Waals surface area contributed by atoms with Crippen molar-refractivity contribution in [2.24, 2.45) is 0 Å². The first-order valence-corrected chi connectivity index (χ1v) is 5.77. The second kappa shape index (κ2) is 190. The average Bonchev–Trinajstić information content (AvgIpc) is 2.08. The Morgan fingerprint density at radius 2 is 0.317 bits per heavy atom. The van der Waals surface area contributed by atoms with E-state index in [-0.39, 0.29) is 128 Å². The predicted octanol–water partition coefficient (Wildman–Crippen LogP) is -12.9. The van der Waals surface area contributed by atoms with Gasteiger partial charge >= 0.3 is 75.3 Å². The van der Waals surface area contributed by atoms with E-state index >= 15 is 0 Å². The van der Waals surface area contributed by atoms with Gasteiger partial charge < -0.3 is 188 Å². The van der Waals surface area contributed by atoms with Crippen LogP contribution in [-0.4, -0.2) is 126 Å². The minimum Gasteiger partial charge on any atom is -0.604 e. The Morgan fingerprint density at radius 1 is 0.317 bits per heavy atom. The van der Waals surface area contributed by atoms with E-state index in [1.54, 1.807) is 0 Å². The molecule has 0 saturated heterocycles. The van der Waals surface area contributed by atoms with Crippen molar-refractivity contribution < 1.29 is 119 Å². The molecule has 0 aromatic carbocycles. The molecule has 0 fully saturated rings. The molecule has 0 amide bonds. The Morgan fingerprint density at radius 3 is 0.317 bits per heavy atom. The first-order valence-electron chi connectivity index (χ1n) is 4.50. The summed E-state index contributed by atoms with van der Waals surface area (Å²) in [5.41, 5.74) is 0. The van der Waals surface area contributed by atoms with Crippen molar-refractivity contribution in [1.29, 1.82) is 0 Å². The van der Waals surface area contributed by atoms with Gasteiger partial charge in [0.2, 0.25) is 0 Å². The molecular formula is H64B5N16NaO18Si. The van der Waals surface area contributed by atoms with Crippen molar-refractivity contribution in [3.8, 4) is 0 Å². The van der Waals surface area contributed by atoms with Crippen LogP contribution in [0.4, 0.5) is 0 Å². The molecule has 0 atom stereocenters. The maximum Gasteiger partial charge on any atom is 1.00 e. The first-order chi connectivity index (χ1) is 10.4. The van der Waals surface area contributed by atoms with Crippen LogP contribution in [0.5, 0.6) is 0 Å². The number of rotatable bonds is 0. The largest absolute Gasteiger partial charge is 1.00 e. The minimum atomic E-state index is -3.38. The van der Waals surface area contributed by atoms with Crippen LogP contribution in [0.15, 0.2) is 0 Å². The predicted molar refractivity (Wildman–Crippen MR) is 151 cm³/mol. The summed E-state index contributed by atoms with van der Waals surface area (Å²) in [6.07, 6.45) is 0.